The van der Waals surface area contributed by atoms with Crippen LogP contribution in [0.15, 0.2) is 30.3 Å². The van der Waals surface area contributed by atoms with Gasteiger partial charge in [-0.3, -0.25) is 5.10 Å². The Balaban J connectivity index is 1.94. The number of anilines is 1. The summed E-state index contributed by atoms with van der Waals surface area (Å²) in [6, 6.07) is 10.3. The van der Waals surface area contributed by atoms with E-state index in [0.29, 0.717) is 5.82 Å². The Morgan fingerprint density at radius 1 is 1.24 bits per heavy atom. The number of rotatable bonds is 3. The van der Waals surface area contributed by atoms with Crippen molar-refractivity contribution in [1.82, 2.24) is 10.2 Å². The van der Waals surface area contributed by atoms with E-state index in [1.807, 2.05) is 18.2 Å². The van der Waals surface area contributed by atoms with Gasteiger partial charge in [0.25, 0.3) is 0 Å². The first kappa shape index (κ1) is 10.4. The number of nitrogens with two attached hydrogens (primary N) is 1. The number of aromatic nitrogens is 2. The zero-order valence-corrected chi connectivity index (χ0v) is 9.82. The first-order valence-electron chi connectivity index (χ1n) is 6.22. The van der Waals surface area contributed by atoms with Crippen LogP contribution in [0.25, 0.3) is 11.1 Å². The summed E-state index contributed by atoms with van der Waals surface area (Å²) in [4.78, 5) is 0. The second-order valence-corrected chi connectivity index (χ2v) is 4.83. The van der Waals surface area contributed by atoms with E-state index < -0.39 is 0 Å². The molecule has 0 bridgehead atoms. The Kier molecular flexibility index (Phi) is 2.59. The molecule has 1 fully saturated rings. The molecular weight excluding hydrogens is 210 g/mol. The molecule has 1 aliphatic carbocycles. The molecule has 0 unspecified atom stereocenters. The molecular formula is C14H17N3. The van der Waals surface area contributed by atoms with E-state index in [2.05, 4.69) is 22.3 Å². The highest BCUT2D eigenvalue weighted by molar-refractivity contribution is 5.76. The summed E-state index contributed by atoms with van der Waals surface area (Å²) in [5, 5.41) is 7.25. The van der Waals surface area contributed by atoms with Crippen LogP contribution in [0.2, 0.25) is 0 Å². The molecule has 2 aromatic rings. The summed E-state index contributed by atoms with van der Waals surface area (Å²) in [5.41, 5.74) is 9.41. The van der Waals surface area contributed by atoms with Gasteiger partial charge in [0.2, 0.25) is 0 Å². The minimum Gasteiger partial charge on any atom is -0.382 e. The molecule has 3 heteroatoms. The van der Waals surface area contributed by atoms with Gasteiger partial charge in [0.15, 0.2) is 5.82 Å². The maximum Gasteiger partial charge on any atom is 0.153 e. The molecule has 3 rings (SSSR count). The second-order valence-electron chi connectivity index (χ2n) is 4.83. The first-order valence-corrected chi connectivity index (χ1v) is 6.22. The molecule has 1 saturated carbocycles. The van der Waals surface area contributed by atoms with E-state index in [1.54, 1.807) is 0 Å². The van der Waals surface area contributed by atoms with Gasteiger partial charge in [-0.2, -0.15) is 5.10 Å². The number of nitrogens with one attached hydrogen (secondary N) is 1. The summed E-state index contributed by atoms with van der Waals surface area (Å²) in [6.07, 6.45) is 5.13. The van der Waals surface area contributed by atoms with Crippen molar-refractivity contribution in [2.75, 3.05) is 5.73 Å². The molecule has 17 heavy (non-hydrogen) atoms. The molecule has 3 nitrogen and oxygen atoms in total. The highest BCUT2D eigenvalue weighted by Gasteiger charge is 2.21. The van der Waals surface area contributed by atoms with Crippen LogP contribution in [0, 0.1) is 5.92 Å². The van der Waals surface area contributed by atoms with Gasteiger partial charge in [-0.1, -0.05) is 49.6 Å². The van der Waals surface area contributed by atoms with Crippen LogP contribution >= 0.6 is 0 Å². The lowest BCUT2D eigenvalue weighted by Crippen LogP contribution is -2.14. The average molecular weight is 227 g/mol. The van der Waals surface area contributed by atoms with Gasteiger partial charge in [-0.05, 0) is 17.9 Å². The fraction of sp³-hybridized carbons (Fsp3) is 0.357. The quantitative estimate of drug-likeness (QED) is 0.846. The zero-order chi connectivity index (χ0) is 11.7. The number of nitrogen functional groups attached to an aromatic ring is 1. The topological polar surface area (TPSA) is 54.7 Å². The summed E-state index contributed by atoms with van der Waals surface area (Å²) in [6.45, 7) is 0. The van der Waals surface area contributed by atoms with Gasteiger partial charge in [0.1, 0.15) is 0 Å². The predicted octanol–water partition coefficient (Wildman–Crippen LogP) is 3.00. The monoisotopic (exact) mass is 227 g/mol. The molecule has 0 saturated heterocycles. The van der Waals surface area contributed by atoms with Crippen molar-refractivity contribution in [3.8, 4) is 11.1 Å². The third-order valence-electron chi connectivity index (χ3n) is 3.65. The molecule has 1 heterocycles. The van der Waals surface area contributed by atoms with Crippen LogP contribution < -0.4 is 5.73 Å². The Labute approximate surface area is 101 Å². The number of H-pyrrole nitrogens is 1. The van der Waals surface area contributed by atoms with E-state index in [-0.39, 0.29) is 0 Å². The lowest BCUT2D eigenvalue weighted by Gasteiger charge is -2.24. The number of aromatic amines is 1. The number of nitrogens with zero attached hydrogens (tertiary/aromatic N) is 1. The molecule has 0 atom stereocenters. The number of benzene rings is 1. The van der Waals surface area contributed by atoms with Gasteiger partial charge < -0.3 is 5.73 Å². The van der Waals surface area contributed by atoms with Gasteiger partial charge in [-0.15, -0.1) is 0 Å². The van der Waals surface area contributed by atoms with Crippen LogP contribution in [0.5, 0.6) is 0 Å². The largest absolute Gasteiger partial charge is 0.382 e. The summed E-state index contributed by atoms with van der Waals surface area (Å²) >= 11 is 0. The van der Waals surface area contributed by atoms with Crippen molar-refractivity contribution in [3.05, 3.63) is 36.0 Å². The Bertz CT molecular complexity index is 497. The van der Waals surface area contributed by atoms with E-state index >= 15 is 0 Å². The smallest absolute Gasteiger partial charge is 0.153 e. The summed E-state index contributed by atoms with van der Waals surface area (Å²) in [7, 11) is 0. The molecule has 1 aromatic carbocycles. The Hall–Kier alpha value is -1.77. The lowest BCUT2D eigenvalue weighted by atomic mass is 9.81. The number of hydrogen-bond donors (Lipinski definition) is 2. The first-order chi connectivity index (χ1) is 8.34. The van der Waals surface area contributed by atoms with E-state index in [9.17, 15) is 0 Å². The van der Waals surface area contributed by atoms with E-state index in [1.165, 1.54) is 25.0 Å². The van der Waals surface area contributed by atoms with Crippen molar-refractivity contribution in [1.29, 1.82) is 0 Å². The average Bonchev–Trinajstić information content (AvgIpc) is 2.66. The van der Waals surface area contributed by atoms with Crippen molar-refractivity contribution < 1.29 is 0 Å². The molecule has 0 aliphatic heterocycles. The fourth-order valence-electron chi connectivity index (χ4n) is 2.45. The zero-order valence-electron chi connectivity index (χ0n) is 9.82. The van der Waals surface area contributed by atoms with Crippen molar-refractivity contribution >= 4 is 5.82 Å². The molecule has 0 amide bonds. The lowest BCUT2D eigenvalue weighted by molar-refractivity contribution is 0.312. The van der Waals surface area contributed by atoms with Gasteiger partial charge in [0, 0.05) is 11.3 Å². The Morgan fingerprint density at radius 3 is 2.65 bits per heavy atom. The number of hydrogen-bond acceptors (Lipinski definition) is 2. The molecule has 0 spiro atoms. The van der Waals surface area contributed by atoms with Crippen molar-refractivity contribution in [3.63, 3.8) is 0 Å². The fourth-order valence-corrected chi connectivity index (χ4v) is 2.45. The van der Waals surface area contributed by atoms with Gasteiger partial charge in [-0.25, -0.2) is 0 Å². The summed E-state index contributed by atoms with van der Waals surface area (Å²) in [5.74, 6) is 1.43. The summed E-state index contributed by atoms with van der Waals surface area (Å²) < 4.78 is 0. The molecule has 1 aromatic heterocycles. The molecule has 0 radical (unpaired) electrons. The van der Waals surface area contributed by atoms with Crippen LogP contribution in [-0.4, -0.2) is 10.2 Å². The SMILES string of the molecule is Nc1n[nH]c(CC2CCC2)c1-c1ccccc1. The van der Waals surface area contributed by atoms with Crippen LogP contribution in [-0.2, 0) is 6.42 Å². The van der Waals surface area contributed by atoms with Crippen molar-refractivity contribution in [2.24, 2.45) is 5.92 Å². The maximum absolute atomic E-state index is 5.97. The molecule has 1 aliphatic rings. The van der Waals surface area contributed by atoms with Crippen LogP contribution in [0.3, 0.4) is 0 Å². The van der Waals surface area contributed by atoms with Gasteiger partial charge in [0.05, 0.1) is 0 Å². The highest BCUT2D eigenvalue weighted by Crippen LogP contribution is 2.34. The molecule has 3 N–H and O–H groups in total. The van der Waals surface area contributed by atoms with Crippen LogP contribution in [0.4, 0.5) is 5.82 Å². The Morgan fingerprint density at radius 2 is 2.00 bits per heavy atom. The van der Waals surface area contributed by atoms with Gasteiger partial charge >= 0.3 is 0 Å². The molecule has 88 valence electrons. The normalized spacial score (nSPS) is 15.8. The minimum absolute atomic E-state index is 0.616. The third kappa shape index (κ3) is 1.93. The van der Waals surface area contributed by atoms with Crippen molar-refractivity contribution in [2.45, 2.75) is 25.7 Å². The predicted molar refractivity (Wildman–Crippen MR) is 69.5 cm³/mol. The standard InChI is InChI=1S/C14H17N3/c15-14-13(11-7-2-1-3-8-11)12(16-17-14)9-10-5-4-6-10/h1-3,7-8,10H,4-6,9H2,(H3,15,16,17). The minimum atomic E-state index is 0.616. The van der Waals surface area contributed by atoms with E-state index in [0.717, 1.165) is 23.5 Å². The second kappa shape index (κ2) is 4.24. The van der Waals surface area contributed by atoms with E-state index in [4.69, 9.17) is 5.73 Å². The maximum atomic E-state index is 5.97. The third-order valence-corrected chi connectivity index (χ3v) is 3.65. The highest BCUT2D eigenvalue weighted by atomic mass is 15.2. The van der Waals surface area contributed by atoms with Crippen LogP contribution in [0.1, 0.15) is 25.0 Å².